The number of nitrogens with one attached hydrogen (secondary N) is 1. The maximum absolute atomic E-state index is 14.3. The second kappa shape index (κ2) is 14.8. The largest absolute Gasteiger partial charge is 0.414 e. The Bertz CT molecular complexity index is 1880. The lowest BCUT2D eigenvalue weighted by molar-refractivity contribution is -0.157. The first-order chi connectivity index (χ1) is 24.1. The van der Waals surface area contributed by atoms with Gasteiger partial charge in [0.1, 0.15) is 30.7 Å². The third-order valence-corrected chi connectivity index (χ3v) is 9.06. The average molecular weight is 680 g/mol. The number of carbonyl (C=O) groups excluding carboxylic acids is 4. The summed E-state index contributed by atoms with van der Waals surface area (Å²) in [4.78, 5) is 58.2. The van der Waals surface area contributed by atoms with Gasteiger partial charge in [-0.1, -0.05) is 72.8 Å². The minimum Gasteiger partial charge on any atom is -0.410 e. The Morgan fingerprint density at radius 1 is 1.06 bits per heavy atom. The third kappa shape index (κ3) is 7.30. The van der Waals surface area contributed by atoms with Crippen LogP contribution in [-0.2, 0) is 22.6 Å². The number of hydrogen-bond donors (Lipinski definition) is 1. The van der Waals surface area contributed by atoms with Gasteiger partial charge in [-0.15, -0.1) is 0 Å². The summed E-state index contributed by atoms with van der Waals surface area (Å²) >= 11 is 0. The molecule has 2 heterocycles. The summed E-state index contributed by atoms with van der Waals surface area (Å²) in [6, 6.07) is 21.1. The molecule has 3 aliphatic rings. The molecule has 2 saturated heterocycles. The van der Waals surface area contributed by atoms with Crippen molar-refractivity contribution in [2.75, 3.05) is 40.3 Å². The highest BCUT2D eigenvalue weighted by molar-refractivity contribution is 5.92. The number of hydrogen-bond acceptors (Lipinski definition) is 7. The third-order valence-electron chi connectivity index (χ3n) is 9.06. The minimum absolute atomic E-state index is 0.102. The summed E-state index contributed by atoms with van der Waals surface area (Å²) in [5, 5.41) is 17.3. The number of alkyl halides is 1. The lowest BCUT2D eigenvalue weighted by Crippen LogP contribution is -2.66. The molecule has 6 rings (SSSR count). The van der Waals surface area contributed by atoms with Crippen molar-refractivity contribution in [1.82, 2.24) is 30.0 Å². The molecule has 3 aromatic carbocycles. The number of rotatable bonds is 9. The lowest BCUT2D eigenvalue weighted by Gasteiger charge is -2.46. The van der Waals surface area contributed by atoms with E-state index in [0.717, 1.165) is 27.5 Å². The maximum Gasteiger partial charge on any atom is 0.414 e. The first kappa shape index (κ1) is 34.1. The molecule has 0 aromatic heterocycles. The van der Waals surface area contributed by atoms with Crippen molar-refractivity contribution >= 4 is 34.7 Å². The van der Waals surface area contributed by atoms with Crippen molar-refractivity contribution in [2.45, 2.75) is 37.8 Å². The molecule has 0 spiro atoms. The maximum atomic E-state index is 14.3. The molecule has 0 radical (unpaired) electrons. The van der Waals surface area contributed by atoms with Gasteiger partial charge < -0.3 is 24.8 Å². The van der Waals surface area contributed by atoms with Gasteiger partial charge in [-0.3, -0.25) is 9.59 Å². The first-order valence-corrected chi connectivity index (χ1v) is 16.4. The van der Waals surface area contributed by atoms with Gasteiger partial charge in [0.2, 0.25) is 11.8 Å². The van der Waals surface area contributed by atoms with Gasteiger partial charge in [-0.05, 0) is 39.6 Å². The topological polar surface area (TPSA) is 130 Å². The second-order valence-electron chi connectivity index (χ2n) is 12.6. The highest BCUT2D eigenvalue weighted by Gasteiger charge is 2.52. The van der Waals surface area contributed by atoms with Crippen LogP contribution in [0.4, 0.5) is 14.0 Å². The van der Waals surface area contributed by atoms with Gasteiger partial charge in [0.15, 0.2) is 0 Å². The number of ether oxygens (including phenoxy) is 1. The van der Waals surface area contributed by atoms with Crippen LogP contribution in [-0.4, -0.2) is 107 Å². The van der Waals surface area contributed by atoms with Crippen molar-refractivity contribution < 1.29 is 28.3 Å². The van der Waals surface area contributed by atoms with Crippen molar-refractivity contribution in [3.8, 4) is 11.8 Å². The van der Waals surface area contributed by atoms with Gasteiger partial charge >= 0.3 is 12.1 Å². The molecular formula is C37H38FN7O5. The van der Waals surface area contributed by atoms with Crippen LogP contribution in [0.25, 0.3) is 10.8 Å². The molecule has 0 saturated carbocycles. The predicted octanol–water partition coefficient (Wildman–Crippen LogP) is 4.00. The Kier molecular flexibility index (Phi) is 10.1. The van der Waals surface area contributed by atoms with Crippen LogP contribution in [0.15, 0.2) is 90.5 Å². The Hall–Kier alpha value is -5.74. The van der Waals surface area contributed by atoms with Crippen LogP contribution < -0.4 is 10.1 Å². The zero-order valence-electron chi connectivity index (χ0n) is 27.9. The molecule has 258 valence electrons. The molecule has 3 atom stereocenters. The number of nitriles is 1. The van der Waals surface area contributed by atoms with Crippen molar-refractivity contribution in [2.24, 2.45) is 0 Å². The predicted molar refractivity (Wildman–Crippen MR) is 183 cm³/mol. The Morgan fingerprint density at radius 3 is 2.54 bits per heavy atom. The monoisotopic (exact) mass is 679 g/mol. The summed E-state index contributed by atoms with van der Waals surface area (Å²) in [7, 11) is 3.16. The number of fused-ring (bicyclic) bond motifs is 2. The van der Waals surface area contributed by atoms with E-state index in [1.54, 1.807) is 60.4 Å². The van der Waals surface area contributed by atoms with Crippen molar-refractivity contribution in [1.29, 1.82) is 5.26 Å². The van der Waals surface area contributed by atoms with Crippen LogP contribution in [0.1, 0.15) is 17.5 Å². The first-order valence-electron chi connectivity index (χ1n) is 16.4. The highest BCUT2D eigenvalue weighted by atomic mass is 19.1. The van der Waals surface area contributed by atoms with Gasteiger partial charge in [0, 0.05) is 40.0 Å². The number of benzene rings is 3. The number of urea groups is 1. The van der Waals surface area contributed by atoms with Crippen LogP contribution in [0.3, 0.4) is 0 Å². The summed E-state index contributed by atoms with van der Waals surface area (Å²) < 4.78 is 18.9. The van der Waals surface area contributed by atoms with E-state index in [4.69, 9.17) is 4.74 Å². The molecule has 2 aliphatic heterocycles. The van der Waals surface area contributed by atoms with E-state index in [1.165, 1.54) is 20.9 Å². The zero-order chi connectivity index (χ0) is 35.4. The number of piperazine rings is 1. The molecule has 0 bridgehead atoms. The Balaban J connectivity index is 1.29. The summed E-state index contributed by atoms with van der Waals surface area (Å²) in [6.45, 7) is -0.0564. The van der Waals surface area contributed by atoms with Gasteiger partial charge in [-0.2, -0.15) is 10.3 Å². The minimum atomic E-state index is -1.07. The second-order valence-corrected chi connectivity index (χ2v) is 12.6. The van der Waals surface area contributed by atoms with Crippen LogP contribution >= 0.6 is 0 Å². The molecule has 50 heavy (non-hydrogen) atoms. The molecule has 5 amide bonds. The number of allylic oxidation sites excluding steroid dienone is 2. The molecular weight excluding hydrogens is 641 g/mol. The fourth-order valence-electron chi connectivity index (χ4n) is 6.52. The van der Waals surface area contributed by atoms with Gasteiger partial charge in [0.25, 0.3) is 0 Å². The number of carbonyl (C=O) groups is 4. The van der Waals surface area contributed by atoms with Crippen LogP contribution in [0.2, 0.25) is 0 Å². The fourth-order valence-corrected chi connectivity index (χ4v) is 6.52. The SMILES string of the molecule is CN(C)C(=O)Oc1ccc(C[C@H]2C(=O)N(Cc3cccc4ccccc34)C[C@H]3N2C(=O)CN3N(CC#N)C(=O)NCC2=CCC(F)C=C2)cc1. The highest BCUT2D eigenvalue weighted by Crippen LogP contribution is 2.31. The van der Waals surface area contributed by atoms with Gasteiger partial charge in [0.05, 0.1) is 19.2 Å². The van der Waals surface area contributed by atoms with Gasteiger partial charge in [-0.25, -0.2) is 19.0 Å². The molecule has 2 fully saturated rings. The molecule has 13 heteroatoms. The Morgan fingerprint density at radius 2 is 1.82 bits per heavy atom. The molecule has 3 aromatic rings. The standard InChI is InChI=1S/C37H38FN7O5/c1-41(2)37(49)50-30-16-12-25(13-17-30)20-32-35(47)42(22-28-8-5-7-27-6-3-4-9-31(27)28)23-33-44(24-34(46)45(32)33)43(19-18-39)36(48)40-21-26-10-14-29(38)15-11-26/h3-14,16-17,29,32-33H,15,19-24H2,1-2H3,(H,40,48)/t29?,32-,33+/m0/s1. The summed E-state index contributed by atoms with van der Waals surface area (Å²) in [5.41, 5.74) is 2.40. The molecule has 12 nitrogen and oxygen atoms in total. The van der Waals surface area contributed by atoms with E-state index in [1.807, 2.05) is 48.5 Å². The fraction of sp³-hybridized carbons (Fsp3) is 0.324. The zero-order valence-corrected chi connectivity index (χ0v) is 27.9. The number of amides is 5. The van der Waals surface area contributed by atoms with Crippen molar-refractivity contribution in [3.05, 3.63) is 102 Å². The molecule has 1 N–H and O–H groups in total. The molecule has 1 aliphatic carbocycles. The van der Waals surface area contributed by atoms with Crippen molar-refractivity contribution in [3.63, 3.8) is 0 Å². The number of hydrazine groups is 1. The number of halogens is 1. The average Bonchev–Trinajstić information content (AvgIpc) is 3.44. The number of nitrogens with zero attached hydrogens (tertiary/aromatic N) is 6. The van der Waals surface area contributed by atoms with E-state index in [9.17, 15) is 28.8 Å². The van der Waals surface area contributed by atoms with Crippen LogP contribution in [0.5, 0.6) is 5.75 Å². The quantitative estimate of drug-likeness (QED) is 0.339. The van der Waals surface area contributed by atoms with E-state index in [0.29, 0.717) is 5.75 Å². The smallest absolute Gasteiger partial charge is 0.410 e. The normalized spacial score (nSPS) is 20.3. The van der Waals surface area contributed by atoms with E-state index >= 15 is 0 Å². The van der Waals surface area contributed by atoms with E-state index in [-0.39, 0.29) is 57.4 Å². The summed E-state index contributed by atoms with van der Waals surface area (Å²) in [5.74, 6) is -0.258. The summed E-state index contributed by atoms with van der Waals surface area (Å²) in [6.07, 6.45) is 2.81. The van der Waals surface area contributed by atoms with E-state index in [2.05, 4.69) is 5.32 Å². The molecule has 1 unspecified atom stereocenters. The lowest BCUT2D eigenvalue weighted by atomic mass is 9.99. The van der Waals surface area contributed by atoms with Crippen LogP contribution in [0, 0.1) is 11.3 Å². The van der Waals surface area contributed by atoms with E-state index < -0.39 is 30.5 Å². The Labute approximate surface area is 289 Å².